The summed E-state index contributed by atoms with van der Waals surface area (Å²) in [6.07, 6.45) is 2.51. The first-order valence-corrected chi connectivity index (χ1v) is 7.76. The Morgan fingerprint density at radius 1 is 1.20 bits per heavy atom. The Bertz CT molecular complexity index is 389. The first-order valence-electron chi connectivity index (χ1n) is 7.76. The van der Waals surface area contributed by atoms with E-state index < -0.39 is 0 Å². The van der Waals surface area contributed by atoms with Crippen LogP contribution in [0, 0.1) is 5.92 Å². The highest BCUT2D eigenvalue weighted by Crippen LogP contribution is 2.21. The second-order valence-corrected chi connectivity index (χ2v) is 5.36. The second kappa shape index (κ2) is 8.98. The van der Waals surface area contributed by atoms with Gasteiger partial charge in [0.1, 0.15) is 5.75 Å². The normalized spacial score (nSPS) is 11.3. The summed E-state index contributed by atoms with van der Waals surface area (Å²) < 4.78 is 5.33. The van der Waals surface area contributed by atoms with Crippen LogP contribution in [0.2, 0.25) is 0 Å². The van der Waals surface area contributed by atoms with Gasteiger partial charge in [0.05, 0.1) is 7.11 Å². The predicted octanol–water partition coefficient (Wildman–Crippen LogP) is 3.41. The molecule has 0 bridgehead atoms. The van der Waals surface area contributed by atoms with Crippen molar-refractivity contribution in [2.45, 2.75) is 46.7 Å². The van der Waals surface area contributed by atoms with Crippen molar-refractivity contribution in [1.82, 2.24) is 4.90 Å². The van der Waals surface area contributed by atoms with Crippen molar-refractivity contribution in [3.63, 3.8) is 0 Å². The molecule has 0 aliphatic carbocycles. The lowest BCUT2D eigenvalue weighted by molar-refractivity contribution is 0.226. The smallest absolute Gasteiger partial charge is 0.123 e. The Balaban J connectivity index is 2.74. The summed E-state index contributed by atoms with van der Waals surface area (Å²) in [6.45, 7) is 10.6. The predicted molar refractivity (Wildman–Crippen MR) is 85.9 cm³/mol. The standard InChI is InChI=1S/C17H30N2O/c1-5-14(6-2)12-19(7-3)13-15-8-9-17(20-4)16(10-15)11-18/h8-10,14H,5-7,11-13,18H2,1-4H3. The number of ether oxygens (including phenoxy) is 1. The summed E-state index contributed by atoms with van der Waals surface area (Å²) in [4.78, 5) is 2.51. The SMILES string of the molecule is CCC(CC)CN(CC)Cc1ccc(OC)c(CN)c1. The van der Waals surface area contributed by atoms with Crippen molar-refractivity contribution in [3.05, 3.63) is 29.3 Å². The molecule has 1 aromatic rings. The number of nitrogens with two attached hydrogens (primary N) is 1. The maximum atomic E-state index is 5.79. The van der Waals surface area contributed by atoms with Gasteiger partial charge in [-0.05, 0) is 30.2 Å². The zero-order chi connectivity index (χ0) is 15.0. The Kier molecular flexibility index (Phi) is 7.63. The molecule has 0 aromatic heterocycles. The van der Waals surface area contributed by atoms with E-state index in [9.17, 15) is 0 Å². The molecule has 1 rings (SSSR count). The summed E-state index contributed by atoms with van der Waals surface area (Å²) in [7, 11) is 1.69. The molecule has 20 heavy (non-hydrogen) atoms. The molecule has 0 fully saturated rings. The third-order valence-corrected chi connectivity index (χ3v) is 4.09. The quantitative estimate of drug-likeness (QED) is 0.752. The lowest BCUT2D eigenvalue weighted by atomic mass is 10.0. The van der Waals surface area contributed by atoms with Crippen molar-refractivity contribution in [3.8, 4) is 5.75 Å². The van der Waals surface area contributed by atoms with Crippen LogP contribution in [0.5, 0.6) is 5.75 Å². The number of benzene rings is 1. The fourth-order valence-electron chi connectivity index (χ4n) is 2.57. The van der Waals surface area contributed by atoms with E-state index in [-0.39, 0.29) is 0 Å². The molecule has 0 heterocycles. The molecule has 0 amide bonds. The molecular weight excluding hydrogens is 248 g/mol. The zero-order valence-electron chi connectivity index (χ0n) is 13.5. The van der Waals surface area contributed by atoms with Crippen molar-refractivity contribution in [2.75, 3.05) is 20.2 Å². The number of hydrogen-bond acceptors (Lipinski definition) is 3. The van der Waals surface area contributed by atoms with Crippen LogP contribution in [-0.2, 0) is 13.1 Å². The molecule has 3 heteroatoms. The van der Waals surface area contributed by atoms with E-state index in [0.717, 1.165) is 30.3 Å². The minimum Gasteiger partial charge on any atom is -0.496 e. The highest BCUT2D eigenvalue weighted by molar-refractivity contribution is 5.37. The first-order chi connectivity index (χ1) is 9.68. The van der Waals surface area contributed by atoms with E-state index in [1.165, 1.54) is 24.9 Å². The molecule has 0 saturated carbocycles. The Labute approximate surface area is 124 Å². The fourth-order valence-corrected chi connectivity index (χ4v) is 2.57. The molecule has 0 aliphatic heterocycles. The van der Waals surface area contributed by atoms with Crippen molar-refractivity contribution >= 4 is 0 Å². The molecular formula is C17H30N2O. The Morgan fingerprint density at radius 3 is 2.40 bits per heavy atom. The van der Waals surface area contributed by atoms with Crippen molar-refractivity contribution < 1.29 is 4.74 Å². The Morgan fingerprint density at radius 2 is 1.90 bits per heavy atom. The highest BCUT2D eigenvalue weighted by atomic mass is 16.5. The van der Waals surface area contributed by atoms with Gasteiger partial charge in [-0.1, -0.05) is 39.7 Å². The van der Waals surface area contributed by atoms with E-state index >= 15 is 0 Å². The second-order valence-electron chi connectivity index (χ2n) is 5.36. The molecule has 0 radical (unpaired) electrons. The number of methoxy groups -OCH3 is 1. The first kappa shape index (κ1) is 17.0. The maximum absolute atomic E-state index is 5.79. The van der Waals surface area contributed by atoms with Crippen LogP contribution >= 0.6 is 0 Å². The molecule has 0 saturated heterocycles. The average Bonchev–Trinajstić information content (AvgIpc) is 2.50. The zero-order valence-corrected chi connectivity index (χ0v) is 13.5. The van der Waals surface area contributed by atoms with Crippen molar-refractivity contribution in [2.24, 2.45) is 11.7 Å². The summed E-state index contributed by atoms with van der Waals surface area (Å²) in [6, 6.07) is 6.35. The van der Waals surface area contributed by atoms with Crippen LogP contribution in [-0.4, -0.2) is 25.1 Å². The van der Waals surface area contributed by atoms with E-state index in [2.05, 4.69) is 37.8 Å². The van der Waals surface area contributed by atoms with Gasteiger partial charge in [0.2, 0.25) is 0 Å². The van der Waals surface area contributed by atoms with Crippen LogP contribution in [0.25, 0.3) is 0 Å². The maximum Gasteiger partial charge on any atom is 0.123 e. The largest absolute Gasteiger partial charge is 0.496 e. The number of hydrogen-bond donors (Lipinski definition) is 1. The van der Waals surface area contributed by atoms with Gasteiger partial charge in [-0.15, -0.1) is 0 Å². The van der Waals surface area contributed by atoms with Gasteiger partial charge in [0, 0.05) is 25.2 Å². The van der Waals surface area contributed by atoms with Crippen molar-refractivity contribution in [1.29, 1.82) is 0 Å². The van der Waals surface area contributed by atoms with Gasteiger partial charge >= 0.3 is 0 Å². The summed E-state index contributed by atoms with van der Waals surface area (Å²) in [5.41, 5.74) is 8.19. The molecule has 0 aliphatic rings. The van der Waals surface area contributed by atoms with Crippen LogP contribution in [0.15, 0.2) is 18.2 Å². The van der Waals surface area contributed by atoms with Gasteiger partial charge in [0.25, 0.3) is 0 Å². The van der Waals surface area contributed by atoms with E-state index in [0.29, 0.717) is 6.54 Å². The Hall–Kier alpha value is -1.06. The van der Waals surface area contributed by atoms with Crippen LogP contribution in [0.1, 0.15) is 44.7 Å². The fraction of sp³-hybridized carbons (Fsp3) is 0.647. The molecule has 114 valence electrons. The topological polar surface area (TPSA) is 38.5 Å². The average molecular weight is 278 g/mol. The van der Waals surface area contributed by atoms with E-state index in [1.54, 1.807) is 7.11 Å². The van der Waals surface area contributed by atoms with E-state index in [4.69, 9.17) is 10.5 Å². The molecule has 2 N–H and O–H groups in total. The van der Waals surface area contributed by atoms with Gasteiger partial charge in [-0.3, -0.25) is 4.90 Å². The van der Waals surface area contributed by atoms with Gasteiger partial charge < -0.3 is 10.5 Å². The monoisotopic (exact) mass is 278 g/mol. The van der Waals surface area contributed by atoms with Crippen LogP contribution < -0.4 is 10.5 Å². The van der Waals surface area contributed by atoms with Gasteiger partial charge in [0.15, 0.2) is 0 Å². The minimum atomic E-state index is 0.523. The lowest BCUT2D eigenvalue weighted by Gasteiger charge is -2.25. The molecule has 0 unspecified atom stereocenters. The lowest BCUT2D eigenvalue weighted by Crippen LogP contribution is -2.28. The van der Waals surface area contributed by atoms with Gasteiger partial charge in [-0.2, -0.15) is 0 Å². The molecule has 1 aromatic carbocycles. The minimum absolute atomic E-state index is 0.523. The summed E-state index contributed by atoms with van der Waals surface area (Å²) >= 11 is 0. The summed E-state index contributed by atoms with van der Waals surface area (Å²) in [5, 5.41) is 0. The molecule has 3 nitrogen and oxygen atoms in total. The summed E-state index contributed by atoms with van der Waals surface area (Å²) in [5.74, 6) is 1.68. The molecule has 0 spiro atoms. The third-order valence-electron chi connectivity index (χ3n) is 4.09. The number of nitrogens with zero attached hydrogens (tertiary/aromatic N) is 1. The third kappa shape index (κ3) is 4.80. The van der Waals surface area contributed by atoms with Gasteiger partial charge in [-0.25, -0.2) is 0 Å². The molecule has 0 atom stereocenters. The highest BCUT2D eigenvalue weighted by Gasteiger charge is 2.11. The van der Waals surface area contributed by atoms with Crippen LogP contribution in [0.4, 0.5) is 0 Å². The number of rotatable bonds is 9. The van der Waals surface area contributed by atoms with E-state index in [1.807, 2.05) is 6.07 Å². The van der Waals surface area contributed by atoms with Crippen LogP contribution in [0.3, 0.4) is 0 Å².